The molecule has 0 aliphatic heterocycles. The van der Waals surface area contributed by atoms with Crippen LogP contribution in [-0.2, 0) is 0 Å². The highest BCUT2D eigenvalue weighted by molar-refractivity contribution is 5.94. The van der Waals surface area contributed by atoms with Crippen molar-refractivity contribution in [2.24, 2.45) is 0 Å². The van der Waals surface area contributed by atoms with Crippen LogP contribution in [0.25, 0.3) is 0 Å². The summed E-state index contributed by atoms with van der Waals surface area (Å²) in [6.07, 6.45) is 4.98. The zero-order valence-corrected chi connectivity index (χ0v) is 13.8. The normalized spacial score (nSPS) is 15.9. The molecule has 1 unspecified atom stereocenters. The highest BCUT2D eigenvalue weighted by Crippen LogP contribution is 2.24. The molecule has 2 aromatic carbocycles. The molecule has 4 heteroatoms. The van der Waals surface area contributed by atoms with Gasteiger partial charge in [0.1, 0.15) is 11.6 Å². The number of carbonyl (C=O) groups is 1. The maximum Gasteiger partial charge on any atom is 0.251 e. The fourth-order valence-electron chi connectivity index (χ4n) is 3.00. The molecule has 1 N–H and O–H groups in total. The molecule has 3 rings (SSSR count). The van der Waals surface area contributed by atoms with Gasteiger partial charge in [0.2, 0.25) is 0 Å². The van der Waals surface area contributed by atoms with Crippen molar-refractivity contribution < 1.29 is 13.9 Å². The average molecular weight is 327 g/mol. The summed E-state index contributed by atoms with van der Waals surface area (Å²) in [5, 5.41) is 2.92. The molecule has 0 heterocycles. The van der Waals surface area contributed by atoms with Crippen LogP contribution in [-0.4, -0.2) is 12.0 Å². The number of hydrogen-bond acceptors (Lipinski definition) is 2. The predicted molar refractivity (Wildman–Crippen MR) is 91.6 cm³/mol. The molecule has 0 saturated heterocycles. The van der Waals surface area contributed by atoms with Gasteiger partial charge in [0, 0.05) is 5.56 Å². The van der Waals surface area contributed by atoms with Gasteiger partial charge in [-0.1, -0.05) is 12.1 Å². The van der Waals surface area contributed by atoms with Gasteiger partial charge in [-0.2, -0.15) is 0 Å². The average Bonchev–Trinajstić information content (AvgIpc) is 3.09. The van der Waals surface area contributed by atoms with E-state index in [0.29, 0.717) is 11.7 Å². The van der Waals surface area contributed by atoms with Crippen LogP contribution in [0, 0.1) is 5.82 Å². The molecule has 0 bridgehead atoms. The van der Waals surface area contributed by atoms with Crippen molar-refractivity contribution >= 4 is 5.91 Å². The third kappa shape index (κ3) is 4.13. The smallest absolute Gasteiger partial charge is 0.251 e. The van der Waals surface area contributed by atoms with Gasteiger partial charge in [0.15, 0.2) is 0 Å². The second-order valence-corrected chi connectivity index (χ2v) is 6.30. The highest BCUT2D eigenvalue weighted by Gasteiger charge is 2.17. The first-order valence-electron chi connectivity index (χ1n) is 8.45. The van der Waals surface area contributed by atoms with E-state index < -0.39 is 0 Å². The van der Waals surface area contributed by atoms with Crippen molar-refractivity contribution in [1.82, 2.24) is 5.32 Å². The quantitative estimate of drug-likeness (QED) is 0.869. The number of carbonyl (C=O) groups excluding carboxylic acids is 1. The van der Waals surface area contributed by atoms with Crippen molar-refractivity contribution in [3.8, 4) is 5.75 Å². The van der Waals surface area contributed by atoms with E-state index in [1.165, 1.54) is 25.0 Å². The Morgan fingerprint density at radius 2 is 1.71 bits per heavy atom. The topological polar surface area (TPSA) is 38.3 Å². The van der Waals surface area contributed by atoms with Crippen molar-refractivity contribution in [3.05, 3.63) is 65.5 Å². The van der Waals surface area contributed by atoms with E-state index in [9.17, 15) is 9.18 Å². The first kappa shape index (κ1) is 16.5. The zero-order valence-electron chi connectivity index (χ0n) is 13.8. The molecular formula is C20H22FNO2. The van der Waals surface area contributed by atoms with E-state index in [1.54, 1.807) is 24.3 Å². The number of halogens is 1. The predicted octanol–water partition coefficient (Wildman–Crippen LogP) is 4.64. The number of amides is 1. The van der Waals surface area contributed by atoms with Crippen LogP contribution in [0.1, 0.15) is 54.6 Å². The van der Waals surface area contributed by atoms with Crippen LogP contribution in [0.5, 0.6) is 5.75 Å². The first-order chi connectivity index (χ1) is 11.6. The van der Waals surface area contributed by atoms with Gasteiger partial charge < -0.3 is 10.1 Å². The van der Waals surface area contributed by atoms with E-state index in [-0.39, 0.29) is 17.8 Å². The Hall–Kier alpha value is -2.36. The first-order valence-corrected chi connectivity index (χ1v) is 8.45. The standard InChI is InChI=1S/C20H22FNO2/c1-14(15-6-10-17(21)11-7-15)22-20(23)16-8-12-19(13-9-16)24-18-4-2-3-5-18/h6-14,18H,2-5H2,1H3,(H,22,23). The zero-order chi connectivity index (χ0) is 16.9. The Morgan fingerprint density at radius 1 is 1.08 bits per heavy atom. The number of rotatable bonds is 5. The monoisotopic (exact) mass is 327 g/mol. The fourth-order valence-corrected chi connectivity index (χ4v) is 3.00. The van der Waals surface area contributed by atoms with E-state index in [2.05, 4.69) is 5.32 Å². The Bertz CT molecular complexity index is 676. The maximum atomic E-state index is 13.0. The minimum Gasteiger partial charge on any atom is -0.490 e. The van der Waals surface area contributed by atoms with Crippen LogP contribution in [0.15, 0.2) is 48.5 Å². The number of benzene rings is 2. The van der Waals surface area contributed by atoms with Crippen molar-refractivity contribution in [3.63, 3.8) is 0 Å². The third-order valence-electron chi connectivity index (χ3n) is 4.44. The molecule has 2 aromatic rings. The lowest BCUT2D eigenvalue weighted by Gasteiger charge is -2.15. The van der Waals surface area contributed by atoms with E-state index in [0.717, 1.165) is 24.2 Å². The lowest BCUT2D eigenvalue weighted by molar-refractivity contribution is 0.0940. The van der Waals surface area contributed by atoms with Gasteiger partial charge in [0.25, 0.3) is 5.91 Å². The Kier molecular flexibility index (Phi) is 5.14. The molecule has 0 spiro atoms. The molecule has 0 aromatic heterocycles. The van der Waals surface area contributed by atoms with Crippen LogP contribution in [0.4, 0.5) is 4.39 Å². The number of hydrogen-bond donors (Lipinski definition) is 1. The second-order valence-electron chi connectivity index (χ2n) is 6.30. The summed E-state index contributed by atoms with van der Waals surface area (Å²) in [5.41, 5.74) is 1.45. The van der Waals surface area contributed by atoms with Crippen molar-refractivity contribution in [2.45, 2.75) is 44.8 Å². The molecule has 1 saturated carbocycles. The second kappa shape index (κ2) is 7.47. The van der Waals surface area contributed by atoms with E-state index in [4.69, 9.17) is 4.74 Å². The van der Waals surface area contributed by atoms with Crippen LogP contribution < -0.4 is 10.1 Å². The van der Waals surface area contributed by atoms with Gasteiger partial charge in [-0.3, -0.25) is 4.79 Å². The Balaban J connectivity index is 1.59. The molecule has 1 amide bonds. The van der Waals surface area contributed by atoms with Gasteiger partial charge in [-0.15, -0.1) is 0 Å². The SMILES string of the molecule is CC(NC(=O)c1ccc(OC2CCCC2)cc1)c1ccc(F)cc1. The van der Waals surface area contributed by atoms with E-state index in [1.807, 2.05) is 19.1 Å². The highest BCUT2D eigenvalue weighted by atomic mass is 19.1. The molecule has 1 aliphatic carbocycles. The van der Waals surface area contributed by atoms with E-state index >= 15 is 0 Å². The Morgan fingerprint density at radius 3 is 2.33 bits per heavy atom. The minimum atomic E-state index is -0.282. The van der Waals surface area contributed by atoms with Crippen LogP contribution in [0.2, 0.25) is 0 Å². The summed E-state index contributed by atoms with van der Waals surface area (Å²) in [7, 11) is 0. The van der Waals surface area contributed by atoms with Crippen molar-refractivity contribution in [2.75, 3.05) is 0 Å². The Labute approximate surface area is 141 Å². The largest absolute Gasteiger partial charge is 0.490 e. The van der Waals surface area contributed by atoms with Gasteiger partial charge in [0.05, 0.1) is 12.1 Å². The molecule has 1 fully saturated rings. The molecule has 3 nitrogen and oxygen atoms in total. The summed E-state index contributed by atoms with van der Waals surface area (Å²) in [5.74, 6) is 0.374. The number of ether oxygens (including phenoxy) is 1. The molecule has 1 aliphatic rings. The van der Waals surface area contributed by atoms with Crippen LogP contribution >= 0.6 is 0 Å². The van der Waals surface area contributed by atoms with Crippen LogP contribution in [0.3, 0.4) is 0 Å². The summed E-state index contributed by atoms with van der Waals surface area (Å²) in [4.78, 5) is 12.3. The lowest BCUT2D eigenvalue weighted by atomic mass is 10.1. The molecular weight excluding hydrogens is 305 g/mol. The van der Waals surface area contributed by atoms with Gasteiger partial charge in [-0.25, -0.2) is 4.39 Å². The molecule has 0 radical (unpaired) electrons. The summed E-state index contributed by atoms with van der Waals surface area (Å²) in [6.45, 7) is 1.88. The summed E-state index contributed by atoms with van der Waals surface area (Å²) in [6, 6.07) is 13.2. The lowest BCUT2D eigenvalue weighted by Crippen LogP contribution is -2.26. The molecule has 126 valence electrons. The minimum absolute atomic E-state index is 0.153. The summed E-state index contributed by atoms with van der Waals surface area (Å²) < 4.78 is 18.9. The molecule has 24 heavy (non-hydrogen) atoms. The van der Waals surface area contributed by atoms with Gasteiger partial charge in [-0.05, 0) is 74.6 Å². The summed E-state index contributed by atoms with van der Waals surface area (Å²) >= 11 is 0. The maximum absolute atomic E-state index is 13.0. The van der Waals surface area contributed by atoms with Gasteiger partial charge >= 0.3 is 0 Å². The van der Waals surface area contributed by atoms with Crippen molar-refractivity contribution in [1.29, 1.82) is 0 Å². The third-order valence-corrected chi connectivity index (χ3v) is 4.44. The number of nitrogens with one attached hydrogen (secondary N) is 1. The fraction of sp³-hybridized carbons (Fsp3) is 0.350. The molecule has 1 atom stereocenters.